The molecule has 3 heterocycles. The van der Waals surface area contributed by atoms with Gasteiger partial charge in [0.25, 0.3) is 0 Å². The molecular formula is C19H32N4O. The molecule has 134 valence electrons. The predicted molar refractivity (Wildman–Crippen MR) is 95.6 cm³/mol. The van der Waals surface area contributed by atoms with E-state index in [1.807, 2.05) is 23.1 Å². The van der Waals surface area contributed by atoms with E-state index in [2.05, 4.69) is 21.8 Å². The van der Waals surface area contributed by atoms with E-state index in [1.54, 1.807) is 0 Å². The fourth-order valence-corrected chi connectivity index (χ4v) is 4.07. The number of rotatable bonds is 6. The average Bonchev–Trinajstić information content (AvgIpc) is 3.12. The average molecular weight is 332 g/mol. The van der Waals surface area contributed by atoms with Crippen LogP contribution in [0.5, 0.6) is 0 Å². The van der Waals surface area contributed by atoms with Gasteiger partial charge in [0.2, 0.25) is 5.91 Å². The highest BCUT2D eigenvalue weighted by molar-refractivity contribution is 5.76. The minimum absolute atomic E-state index is 0.363. The van der Waals surface area contributed by atoms with Crippen LogP contribution >= 0.6 is 0 Å². The Morgan fingerprint density at radius 2 is 2.00 bits per heavy atom. The zero-order valence-electron chi connectivity index (χ0n) is 15.1. The highest BCUT2D eigenvalue weighted by atomic mass is 16.2. The molecule has 0 saturated carbocycles. The molecule has 1 aromatic heterocycles. The molecule has 1 unspecified atom stereocenters. The summed E-state index contributed by atoms with van der Waals surface area (Å²) in [5, 5.41) is 4.28. The molecule has 2 fully saturated rings. The largest absolute Gasteiger partial charge is 0.342 e. The first-order valence-electron chi connectivity index (χ1n) is 9.68. The first-order chi connectivity index (χ1) is 11.7. The zero-order chi connectivity index (χ0) is 16.8. The van der Waals surface area contributed by atoms with E-state index < -0.39 is 0 Å². The Labute approximate surface area is 146 Å². The number of likely N-dealkylation sites (tertiary alicyclic amines) is 2. The number of piperidine rings is 2. The lowest BCUT2D eigenvalue weighted by Crippen LogP contribution is -2.41. The predicted octanol–water partition coefficient (Wildman–Crippen LogP) is 2.63. The number of aromatic nitrogens is 2. The summed E-state index contributed by atoms with van der Waals surface area (Å²) in [4.78, 5) is 16.9. The van der Waals surface area contributed by atoms with E-state index in [4.69, 9.17) is 0 Å². The van der Waals surface area contributed by atoms with Gasteiger partial charge < -0.3 is 9.80 Å². The molecule has 2 aliphatic rings. The molecule has 1 atom stereocenters. The van der Waals surface area contributed by atoms with Gasteiger partial charge in [-0.05, 0) is 63.1 Å². The van der Waals surface area contributed by atoms with Gasteiger partial charge in [0.1, 0.15) is 0 Å². The van der Waals surface area contributed by atoms with Crippen molar-refractivity contribution in [3.05, 3.63) is 18.5 Å². The maximum absolute atomic E-state index is 12.4. The van der Waals surface area contributed by atoms with E-state index in [9.17, 15) is 4.79 Å². The Balaban J connectivity index is 1.31. The minimum atomic E-state index is 0.363. The molecule has 2 saturated heterocycles. The third-order valence-electron chi connectivity index (χ3n) is 5.68. The van der Waals surface area contributed by atoms with Crippen LogP contribution in [0.3, 0.4) is 0 Å². The van der Waals surface area contributed by atoms with Gasteiger partial charge in [-0.3, -0.25) is 9.48 Å². The first kappa shape index (κ1) is 17.5. The van der Waals surface area contributed by atoms with Crippen LogP contribution in [0.15, 0.2) is 18.5 Å². The van der Waals surface area contributed by atoms with Gasteiger partial charge in [-0.2, -0.15) is 5.10 Å². The summed E-state index contributed by atoms with van der Waals surface area (Å²) < 4.78 is 2.03. The highest BCUT2D eigenvalue weighted by Crippen LogP contribution is 2.21. The molecule has 1 amide bonds. The molecule has 24 heavy (non-hydrogen) atoms. The van der Waals surface area contributed by atoms with Crippen LogP contribution in [0.1, 0.15) is 45.4 Å². The van der Waals surface area contributed by atoms with Gasteiger partial charge in [-0.15, -0.1) is 0 Å². The molecule has 2 aliphatic heterocycles. The second-order valence-electron chi connectivity index (χ2n) is 7.68. The summed E-state index contributed by atoms with van der Waals surface area (Å²) in [5.41, 5.74) is 0. The third kappa shape index (κ3) is 5.07. The number of aryl methyl sites for hydroxylation is 1. The number of carbonyl (C=O) groups is 1. The smallest absolute Gasteiger partial charge is 0.223 e. The lowest BCUT2D eigenvalue weighted by atomic mass is 9.93. The Bertz CT molecular complexity index is 493. The van der Waals surface area contributed by atoms with Crippen LogP contribution in [0.4, 0.5) is 0 Å². The van der Waals surface area contributed by atoms with E-state index >= 15 is 0 Å². The van der Waals surface area contributed by atoms with Gasteiger partial charge in [0, 0.05) is 45.0 Å². The van der Waals surface area contributed by atoms with Gasteiger partial charge in [0.15, 0.2) is 0 Å². The fraction of sp³-hybridized carbons (Fsp3) is 0.789. The van der Waals surface area contributed by atoms with Gasteiger partial charge in [0.05, 0.1) is 0 Å². The van der Waals surface area contributed by atoms with Crippen molar-refractivity contribution in [2.24, 2.45) is 11.8 Å². The standard InChI is InChI=1S/C19H32N4O/c1-17-4-2-10-22(16-17)19(24)8-14-21-12-5-18(6-13-21)7-15-23-11-3-9-20-23/h3,9,11,17-18H,2,4-8,10,12-16H2,1H3. The second-order valence-corrected chi connectivity index (χ2v) is 7.68. The van der Waals surface area contributed by atoms with Crippen molar-refractivity contribution in [3.63, 3.8) is 0 Å². The number of hydrogen-bond donors (Lipinski definition) is 0. The van der Waals surface area contributed by atoms with Crippen molar-refractivity contribution in [1.82, 2.24) is 19.6 Å². The van der Waals surface area contributed by atoms with E-state index in [0.29, 0.717) is 18.2 Å². The number of carbonyl (C=O) groups excluding carboxylic acids is 1. The Morgan fingerprint density at radius 1 is 1.17 bits per heavy atom. The van der Waals surface area contributed by atoms with Crippen LogP contribution < -0.4 is 0 Å². The maximum atomic E-state index is 12.4. The van der Waals surface area contributed by atoms with Crippen LogP contribution in [-0.4, -0.2) is 58.2 Å². The number of nitrogens with zero attached hydrogens (tertiary/aromatic N) is 4. The molecule has 0 aliphatic carbocycles. The normalized spacial score (nSPS) is 23.5. The van der Waals surface area contributed by atoms with E-state index in [1.165, 1.54) is 32.1 Å². The van der Waals surface area contributed by atoms with E-state index in [-0.39, 0.29) is 0 Å². The lowest BCUT2D eigenvalue weighted by Gasteiger charge is -2.34. The molecule has 0 radical (unpaired) electrons. The second kappa shape index (κ2) is 8.65. The molecule has 0 spiro atoms. The summed E-state index contributed by atoms with van der Waals surface area (Å²) >= 11 is 0. The summed E-state index contributed by atoms with van der Waals surface area (Å²) in [6.07, 6.45) is 10.8. The van der Waals surface area contributed by atoms with Crippen molar-refractivity contribution >= 4 is 5.91 Å². The maximum Gasteiger partial charge on any atom is 0.223 e. The molecule has 0 aromatic carbocycles. The number of amides is 1. The van der Waals surface area contributed by atoms with Crippen LogP contribution in [0.2, 0.25) is 0 Å². The Hall–Kier alpha value is -1.36. The van der Waals surface area contributed by atoms with Gasteiger partial charge in [-0.25, -0.2) is 0 Å². The molecule has 5 nitrogen and oxygen atoms in total. The van der Waals surface area contributed by atoms with Crippen LogP contribution in [0.25, 0.3) is 0 Å². The van der Waals surface area contributed by atoms with Crippen LogP contribution in [-0.2, 0) is 11.3 Å². The van der Waals surface area contributed by atoms with Crippen molar-refractivity contribution in [2.75, 3.05) is 32.7 Å². The summed E-state index contributed by atoms with van der Waals surface area (Å²) in [5.74, 6) is 1.85. The topological polar surface area (TPSA) is 41.4 Å². The molecule has 0 N–H and O–H groups in total. The summed E-state index contributed by atoms with van der Waals surface area (Å²) in [7, 11) is 0. The molecule has 5 heteroatoms. The Morgan fingerprint density at radius 3 is 2.71 bits per heavy atom. The van der Waals surface area contributed by atoms with E-state index in [0.717, 1.165) is 45.2 Å². The van der Waals surface area contributed by atoms with Crippen molar-refractivity contribution < 1.29 is 4.79 Å². The van der Waals surface area contributed by atoms with Gasteiger partial charge >= 0.3 is 0 Å². The van der Waals surface area contributed by atoms with Crippen molar-refractivity contribution in [1.29, 1.82) is 0 Å². The molecular weight excluding hydrogens is 300 g/mol. The number of hydrogen-bond acceptors (Lipinski definition) is 3. The van der Waals surface area contributed by atoms with Crippen molar-refractivity contribution in [2.45, 2.75) is 52.0 Å². The summed E-state index contributed by atoms with van der Waals surface area (Å²) in [6, 6.07) is 1.99. The Kier molecular flexibility index (Phi) is 6.30. The first-order valence-corrected chi connectivity index (χ1v) is 9.68. The van der Waals surface area contributed by atoms with Crippen molar-refractivity contribution in [3.8, 4) is 0 Å². The SMILES string of the molecule is CC1CCCN(C(=O)CCN2CCC(CCn3cccn3)CC2)C1. The summed E-state index contributed by atoms with van der Waals surface area (Å²) in [6.45, 7) is 8.46. The lowest BCUT2D eigenvalue weighted by molar-refractivity contribution is -0.133. The zero-order valence-corrected chi connectivity index (χ0v) is 15.1. The fourth-order valence-electron chi connectivity index (χ4n) is 4.07. The van der Waals surface area contributed by atoms with Gasteiger partial charge in [-0.1, -0.05) is 6.92 Å². The van der Waals surface area contributed by atoms with Crippen LogP contribution in [0, 0.1) is 11.8 Å². The monoisotopic (exact) mass is 332 g/mol. The minimum Gasteiger partial charge on any atom is -0.342 e. The highest BCUT2D eigenvalue weighted by Gasteiger charge is 2.23. The quantitative estimate of drug-likeness (QED) is 0.804. The molecule has 1 aromatic rings. The third-order valence-corrected chi connectivity index (χ3v) is 5.68. The molecule has 3 rings (SSSR count). The molecule has 0 bridgehead atoms.